The van der Waals surface area contributed by atoms with E-state index in [9.17, 15) is 14.4 Å². The number of hydrogen-bond donors (Lipinski definition) is 3. The molecule has 0 unspecified atom stereocenters. The van der Waals surface area contributed by atoms with Crippen molar-refractivity contribution in [2.45, 2.75) is 77.1 Å². The van der Waals surface area contributed by atoms with Crippen molar-refractivity contribution in [2.75, 3.05) is 6.54 Å². The van der Waals surface area contributed by atoms with Crippen LogP contribution in [-0.4, -0.2) is 46.9 Å². The van der Waals surface area contributed by atoms with Gasteiger partial charge in [-0.05, 0) is 47.0 Å². The third-order valence-electron chi connectivity index (χ3n) is 3.50. The number of carbonyl (C=O) groups is 3. The van der Waals surface area contributed by atoms with Gasteiger partial charge in [-0.2, -0.15) is 10.2 Å². The molecule has 1 heterocycles. The number of hydrogen-bond acceptors (Lipinski definition) is 6. The molecule has 0 radical (unpaired) electrons. The predicted octanol–water partition coefficient (Wildman–Crippen LogP) is 2.21. The van der Waals surface area contributed by atoms with Crippen LogP contribution in [-0.2, 0) is 14.3 Å². The molecule has 142 valence electrons. The van der Waals surface area contributed by atoms with Crippen LogP contribution in [0.2, 0.25) is 0 Å². The van der Waals surface area contributed by atoms with Gasteiger partial charge in [0.2, 0.25) is 5.91 Å². The Morgan fingerprint density at radius 1 is 1.20 bits per heavy atom. The van der Waals surface area contributed by atoms with Crippen molar-refractivity contribution in [3.05, 3.63) is 0 Å². The molecule has 0 aromatic heterocycles. The quantitative estimate of drug-likeness (QED) is 0.517. The van der Waals surface area contributed by atoms with Crippen molar-refractivity contribution in [3.8, 4) is 0 Å². The Bertz CT molecular complexity index is 521. The van der Waals surface area contributed by atoms with Crippen LogP contribution in [0.3, 0.4) is 0 Å². The second kappa shape index (κ2) is 8.77. The maximum absolute atomic E-state index is 11.6. The molecular formula is C16H28N4O5. The Hall–Kier alpha value is -2.19. The summed E-state index contributed by atoms with van der Waals surface area (Å²) in [6, 6.07) is -1.01. The van der Waals surface area contributed by atoms with E-state index in [1.807, 2.05) is 6.92 Å². The molecule has 2 amide bonds. The zero-order chi connectivity index (χ0) is 19.1. The topological polar surface area (TPSA) is 129 Å². The summed E-state index contributed by atoms with van der Waals surface area (Å²) in [5.41, 5.74) is -1.06. The fraction of sp³-hybridized carbons (Fsp3) is 0.812. The number of carboxylic acids is 1. The van der Waals surface area contributed by atoms with E-state index >= 15 is 0 Å². The minimum Gasteiger partial charge on any atom is -0.480 e. The van der Waals surface area contributed by atoms with E-state index in [2.05, 4.69) is 20.9 Å². The van der Waals surface area contributed by atoms with Gasteiger partial charge < -0.3 is 20.5 Å². The van der Waals surface area contributed by atoms with Gasteiger partial charge in [0.25, 0.3) is 0 Å². The molecule has 0 saturated heterocycles. The Balaban J connectivity index is 2.16. The average molecular weight is 356 g/mol. The lowest BCUT2D eigenvalue weighted by molar-refractivity contribution is -0.139. The summed E-state index contributed by atoms with van der Waals surface area (Å²) in [7, 11) is 0. The van der Waals surface area contributed by atoms with E-state index in [0.717, 1.165) is 0 Å². The van der Waals surface area contributed by atoms with Gasteiger partial charge in [-0.1, -0.05) is 0 Å². The lowest BCUT2D eigenvalue weighted by Crippen LogP contribution is -2.43. The fourth-order valence-electron chi connectivity index (χ4n) is 2.03. The number of amides is 2. The zero-order valence-electron chi connectivity index (χ0n) is 15.3. The average Bonchev–Trinajstić information content (AvgIpc) is 3.19. The minimum atomic E-state index is -1.11. The lowest BCUT2D eigenvalue weighted by atomic mass is 10.1. The van der Waals surface area contributed by atoms with Crippen LogP contribution in [0.25, 0.3) is 0 Å². The number of nitrogens with one attached hydrogen (secondary N) is 2. The van der Waals surface area contributed by atoms with E-state index in [1.54, 1.807) is 20.8 Å². The smallest absolute Gasteiger partial charge is 0.408 e. The first-order valence-electron chi connectivity index (χ1n) is 8.44. The van der Waals surface area contributed by atoms with Gasteiger partial charge >= 0.3 is 12.1 Å². The molecule has 9 heteroatoms. The van der Waals surface area contributed by atoms with Crippen LogP contribution in [0.4, 0.5) is 4.79 Å². The highest BCUT2D eigenvalue weighted by molar-refractivity contribution is 5.80. The SMILES string of the molecule is CC1(CCC(=O)NCCCC[C@H](NC(=O)OC(C)(C)C)C(=O)O)N=N1. The summed E-state index contributed by atoms with van der Waals surface area (Å²) in [6.07, 6.45) is 1.65. The van der Waals surface area contributed by atoms with Crippen molar-refractivity contribution in [2.24, 2.45) is 10.2 Å². The van der Waals surface area contributed by atoms with E-state index < -0.39 is 23.7 Å². The largest absolute Gasteiger partial charge is 0.480 e. The summed E-state index contributed by atoms with van der Waals surface area (Å²) in [6.45, 7) is 7.44. The third-order valence-corrected chi connectivity index (χ3v) is 3.50. The first kappa shape index (κ1) is 20.9. The number of nitrogens with zero attached hydrogens (tertiary/aromatic N) is 2. The van der Waals surface area contributed by atoms with E-state index in [1.165, 1.54) is 0 Å². The molecule has 1 atom stereocenters. The Kier molecular flexibility index (Phi) is 7.32. The minimum absolute atomic E-state index is 0.0693. The third kappa shape index (κ3) is 9.63. The molecule has 0 bridgehead atoms. The number of aliphatic carboxylic acids is 1. The van der Waals surface area contributed by atoms with Gasteiger partial charge in [0.1, 0.15) is 11.6 Å². The molecule has 0 fully saturated rings. The molecule has 0 saturated carbocycles. The molecule has 0 aromatic rings. The van der Waals surface area contributed by atoms with Gasteiger partial charge in [-0.15, -0.1) is 0 Å². The van der Waals surface area contributed by atoms with Crippen molar-refractivity contribution in [1.29, 1.82) is 0 Å². The van der Waals surface area contributed by atoms with Crippen LogP contribution in [0, 0.1) is 0 Å². The number of rotatable bonds is 10. The summed E-state index contributed by atoms with van der Waals surface area (Å²) in [4.78, 5) is 34.5. The van der Waals surface area contributed by atoms with Gasteiger partial charge in [0.05, 0.1) is 0 Å². The molecule has 1 rings (SSSR count). The van der Waals surface area contributed by atoms with Crippen molar-refractivity contribution in [3.63, 3.8) is 0 Å². The van der Waals surface area contributed by atoms with E-state index in [4.69, 9.17) is 9.84 Å². The second-order valence-corrected chi connectivity index (χ2v) is 7.30. The van der Waals surface area contributed by atoms with Gasteiger partial charge in [-0.3, -0.25) is 4.79 Å². The number of unbranched alkanes of at least 4 members (excludes halogenated alkanes) is 1. The highest BCUT2D eigenvalue weighted by Gasteiger charge is 2.33. The van der Waals surface area contributed by atoms with Gasteiger partial charge in [0, 0.05) is 19.4 Å². The summed E-state index contributed by atoms with van der Waals surface area (Å²) < 4.78 is 5.05. The van der Waals surface area contributed by atoms with Crippen LogP contribution < -0.4 is 10.6 Å². The summed E-state index contributed by atoms with van der Waals surface area (Å²) in [5.74, 6) is -1.18. The fourth-order valence-corrected chi connectivity index (χ4v) is 2.03. The first-order chi connectivity index (χ1) is 11.5. The lowest BCUT2D eigenvalue weighted by Gasteiger charge is -2.22. The number of ether oxygens (including phenoxy) is 1. The van der Waals surface area contributed by atoms with E-state index in [-0.39, 0.29) is 18.0 Å². The standard InChI is InChI=1S/C16H28N4O5/c1-15(2,3)25-14(24)18-11(13(22)23)7-5-6-10-17-12(21)8-9-16(4)19-20-16/h11H,5-10H2,1-4H3,(H,17,21)(H,18,24)(H,22,23)/t11-/m0/s1. The number of carbonyl (C=O) groups excluding carboxylic acids is 2. The maximum atomic E-state index is 11.6. The van der Waals surface area contributed by atoms with Crippen LogP contribution in [0.15, 0.2) is 10.2 Å². The summed E-state index contributed by atoms with van der Waals surface area (Å²) >= 11 is 0. The highest BCUT2D eigenvalue weighted by atomic mass is 16.6. The Morgan fingerprint density at radius 2 is 1.84 bits per heavy atom. The normalized spacial score (nSPS) is 16.0. The molecular weight excluding hydrogens is 328 g/mol. The Morgan fingerprint density at radius 3 is 2.36 bits per heavy atom. The van der Waals surface area contributed by atoms with Crippen molar-refractivity contribution >= 4 is 18.0 Å². The molecule has 0 aliphatic carbocycles. The van der Waals surface area contributed by atoms with Crippen LogP contribution in [0.1, 0.15) is 59.8 Å². The number of carboxylic acid groups (broad SMARTS) is 1. The Labute approximate surface area is 147 Å². The molecule has 9 nitrogen and oxygen atoms in total. The van der Waals surface area contributed by atoms with Crippen LogP contribution >= 0.6 is 0 Å². The predicted molar refractivity (Wildman–Crippen MR) is 90.1 cm³/mol. The highest BCUT2D eigenvalue weighted by Crippen LogP contribution is 2.31. The number of alkyl carbamates (subject to hydrolysis) is 1. The molecule has 0 aromatic carbocycles. The van der Waals surface area contributed by atoms with Crippen LogP contribution in [0.5, 0.6) is 0 Å². The molecule has 1 aliphatic rings. The molecule has 25 heavy (non-hydrogen) atoms. The molecule has 1 aliphatic heterocycles. The summed E-state index contributed by atoms with van der Waals surface area (Å²) in [5, 5.41) is 22.0. The van der Waals surface area contributed by atoms with Gasteiger partial charge in [0.15, 0.2) is 5.66 Å². The second-order valence-electron chi connectivity index (χ2n) is 7.30. The monoisotopic (exact) mass is 356 g/mol. The van der Waals surface area contributed by atoms with Gasteiger partial charge in [-0.25, -0.2) is 9.59 Å². The first-order valence-corrected chi connectivity index (χ1v) is 8.44. The molecule has 3 N–H and O–H groups in total. The maximum Gasteiger partial charge on any atom is 0.408 e. The van der Waals surface area contributed by atoms with E-state index in [0.29, 0.717) is 32.2 Å². The van der Waals surface area contributed by atoms with Crippen molar-refractivity contribution in [1.82, 2.24) is 10.6 Å². The zero-order valence-corrected chi connectivity index (χ0v) is 15.3. The van der Waals surface area contributed by atoms with Crippen molar-refractivity contribution < 1.29 is 24.2 Å². The molecule has 0 spiro atoms.